The molecule has 0 aliphatic heterocycles. The van der Waals surface area contributed by atoms with E-state index in [-0.39, 0.29) is 23.9 Å². The van der Waals surface area contributed by atoms with E-state index in [1.165, 1.54) is 15.9 Å². The molecular weight excluding hydrogens is 552 g/mol. The maximum Gasteiger partial charge on any atom is 0.268 e. The third-order valence-corrected chi connectivity index (χ3v) is 9.21. The van der Waals surface area contributed by atoms with Crippen LogP contribution in [0.1, 0.15) is 61.0 Å². The number of phenols is 3. The molecule has 4 rings (SSSR count). The molecule has 0 saturated heterocycles. The molecule has 222 valence electrons. The molecule has 0 bridgehead atoms. The second-order valence-corrected chi connectivity index (χ2v) is 12.6. The number of amides is 1. The van der Waals surface area contributed by atoms with Crippen molar-refractivity contribution in [3.63, 3.8) is 0 Å². The zero-order chi connectivity index (χ0) is 30.6. The summed E-state index contributed by atoms with van der Waals surface area (Å²) in [6, 6.07) is 21.8. The lowest BCUT2D eigenvalue weighted by atomic mass is 10.0. The highest BCUT2D eigenvalue weighted by Gasteiger charge is 2.32. The van der Waals surface area contributed by atoms with Gasteiger partial charge in [-0.05, 0) is 71.8 Å². The molecule has 0 fully saturated rings. The maximum atomic E-state index is 13.8. The van der Waals surface area contributed by atoms with Crippen LogP contribution in [0.2, 0.25) is 0 Å². The van der Waals surface area contributed by atoms with Gasteiger partial charge in [0.15, 0.2) is 11.5 Å². The first-order valence-corrected chi connectivity index (χ1v) is 15.5. The fourth-order valence-electron chi connectivity index (χ4n) is 5.00. The third kappa shape index (κ3) is 6.31. The minimum absolute atomic E-state index is 0.0900. The van der Waals surface area contributed by atoms with Crippen molar-refractivity contribution in [3.05, 3.63) is 89.5 Å². The molecule has 3 N–H and O–H groups in total. The largest absolute Gasteiger partial charge is 0.504 e. The SMILES string of the molecule is CCCN(c1ccc2cc(C(=O)N(C)CCCc3ccccc3)ccc2c1)S(=O)(=O)c1cc(C(C)C)c(O)c(O)c1O. The Kier molecular flexibility index (Phi) is 9.31. The Morgan fingerprint density at radius 1 is 0.833 bits per heavy atom. The number of benzene rings is 4. The van der Waals surface area contributed by atoms with Gasteiger partial charge in [0.2, 0.25) is 5.75 Å². The lowest BCUT2D eigenvalue weighted by Crippen LogP contribution is -2.32. The van der Waals surface area contributed by atoms with Gasteiger partial charge in [-0.3, -0.25) is 9.10 Å². The predicted molar refractivity (Wildman–Crippen MR) is 166 cm³/mol. The molecule has 0 radical (unpaired) electrons. The second-order valence-electron chi connectivity index (χ2n) is 10.8. The first-order chi connectivity index (χ1) is 19.9. The maximum absolute atomic E-state index is 13.8. The zero-order valence-corrected chi connectivity index (χ0v) is 25.2. The topological polar surface area (TPSA) is 118 Å². The van der Waals surface area contributed by atoms with Gasteiger partial charge in [0.1, 0.15) is 4.90 Å². The number of carbonyl (C=O) groups is 1. The minimum Gasteiger partial charge on any atom is -0.504 e. The van der Waals surface area contributed by atoms with Crippen LogP contribution in [-0.2, 0) is 16.4 Å². The van der Waals surface area contributed by atoms with Crippen molar-refractivity contribution in [2.24, 2.45) is 0 Å². The molecule has 4 aromatic rings. The molecule has 4 aromatic carbocycles. The summed E-state index contributed by atoms with van der Waals surface area (Å²) in [7, 11) is -2.53. The van der Waals surface area contributed by atoms with E-state index < -0.39 is 32.2 Å². The van der Waals surface area contributed by atoms with E-state index in [2.05, 4.69) is 12.1 Å². The van der Waals surface area contributed by atoms with Crippen molar-refractivity contribution in [2.45, 2.75) is 50.8 Å². The van der Waals surface area contributed by atoms with Crippen molar-refractivity contribution < 1.29 is 28.5 Å². The monoisotopic (exact) mass is 590 g/mol. The zero-order valence-electron chi connectivity index (χ0n) is 24.4. The molecule has 0 saturated carbocycles. The summed E-state index contributed by atoms with van der Waals surface area (Å²) < 4.78 is 28.9. The molecule has 8 nitrogen and oxygen atoms in total. The lowest BCUT2D eigenvalue weighted by Gasteiger charge is -2.26. The van der Waals surface area contributed by atoms with Gasteiger partial charge in [0.25, 0.3) is 15.9 Å². The third-order valence-electron chi connectivity index (χ3n) is 7.37. The number of hydrogen-bond acceptors (Lipinski definition) is 6. The Bertz CT molecular complexity index is 1690. The van der Waals surface area contributed by atoms with Gasteiger partial charge >= 0.3 is 0 Å². The average molecular weight is 591 g/mol. The molecule has 1 amide bonds. The molecular formula is C33H38N2O6S. The van der Waals surface area contributed by atoms with Gasteiger partial charge in [-0.15, -0.1) is 0 Å². The Morgan fingerprint density at radius 3 is 2.17 bits per heavy atom. The van der Waals surface area contributed by atoms with Gasteiger partial charge in [0, 0.05) is 31.3 Å². The van der Waals surface area contributed by atoms with Crippen molar-refractivity contribution in [1.82, 2.24) is 4.90 Å². The standard InChI is InChI=1S/C33H38N2O6S/c1-5-17-35(42(40,41)29-21-28(22(2)3)30(36)32(38)31(29)37)27-16-15-24-19-26(14-13-25(24)20-27)33(39)34(4)18-9-12-23-10-7-6-8-11-23/h6-8,10-11,13-16,19-22,36-38H,5,9,12,17-18H2,1-4H3. The van der Waals surface area contributed by atoms with Crippen LogP contribution in [0.25, 0.3) is 10.8 Å². The number of anilines is 1. The van der Waals surface area contributed by atoms with Gasteiger partial charge < -0.3 is 20.2 Å². The highest BCUT2D eigenvalue weighted by atomic mass is 32.2. The van der Waals surface area contributed by atoms with Crippen LogP contribution in [-0.4, -0.2) is 54.7 Å². The highest BCUT2D eigenvalue weighted by molar-refractivity contribution is 7.93. The van der Waals surface area contributed by atoms with E-state index in [1.54, 1.807) is 62.2 Å². The second kappa shape index (κ2) is 12.7. The summed E-state index contributed by atoms with van der Waals surface area (Å²) in [5.74, 6) is -2.69. The van der Waals surface area contributed by atoms with Crippen LogP contribution in [0, 0.1) is 0 Å². The van der Waals surface area contributed by atoms with E-state index in [1.807, 2.05) is 25.1 Å². The summed E-state index contributed by atoms with van der Waals surface area (Å²) in [5.41, 5.74) is 2.36. The van der Waals surface area contributed by atoms with E-state index in [0.717, 1.165) is 23.6 Å². The van der Waals surface area contributed by atoms with Gasteiger partial charge in [-0.1, -0.05) is 63.2 Å². The summed E-state index contributed by atoms with van der Waals surface area (Å²) in [6.45, 7) is 6.07. The fourth-order valence-corrected chi connectivity index (χ4v) is 6.67. The van der Waals surface area contributed by atoms with E-state index >= 15 is 0 Å². The molecule has 9 heteroatoms. The number of phenolic OH excluding ortho intramolecular Hbond substituents is 3. The number of nitrogens with zero attached hydrogens (tertiary/aromatic N) is 2. The Hall–Kier alpha value is -4.24. The average Bonchev–Trinajstić information content (AvgIpc) is 2.98. The summed E-state index contributed by atoms with van der Waals surface area (Å²) in [6.07, 6.45) is 2.22. The molecule has 0 aliphatic rings. The number of aromatic hydroxyl groups is 3. The van der Waals surface area contributed by atoms with Crippen molar-refractivity contribution in [1.29, 1.82) is 0 Å². The molecule has 0 spiro atoms. The minimum atomic E-state index is -4.32. The Labute approximate surface area is 247 Å². The van der Waals surface area contributed by atoms with Gasteiger partial charge in [0.05, 0.1) is 5.69 Å². The number of hydrogen-bond donors (Lipinski definition) is 3. The quantitative estimate of drug-likeness (QED) is 0.174. The summed E-state index contributed by atoms with van der Waals surface area (Å²) in [4.78, 5) is 14.3. The van der Waals surface area contributed by atoms with E-state index in [4.69, 9.17) is 0 Å². The number of fused-ring (bicyclic) bond motifs is 1. The summed E-state index contributed by atoms with van der Waals surface area (Å²) >= 11 is 0. The lowest BCUT2D eigenvalue weighted by molar-refractivity contribution is 0.0793. The van der Waals surface area contributed by atoms with Crippen LogP contribution in [0.5, 0.6) is 17.2 Å². The Balaban J connectivity index is 1.60. The van der Waals surface area contributed by atoms with Crippen LogP contribution in [0.3, 0.4) is 0 Å². The molecule has 0 heterocycles. The van der Waals surface area contributed by atoms with Gasteiger partial charge in [-0.25, -0.2) is 8.42 Å². The first kappa shape index (κ1) is 30.7. The van der Waals surface area contributed by atoms with Crippen molar-refractivity contribution in [2.75, 3.05) is 24.4 Å². The number of carbonyl (C=O) groups excluding carboxylic acids is 1. The predicted octanol–water partition coefficient (Wildman–Crippen LogP) is 6.39. The van der Waals surface area contributed by atoms with E-state index in [9.17, 15) is 28.5 Å². The number of rotatable bonds is 11. The highest BCUT2D eigenvalue weighted by Crippen LogP contribution is 2.46. The molecule has 0 unspecified atom stereocenters. The van der Waals surface area contributed by atoms with Crippen LogP contribution >= 0.6 is 0 Å². The summed E-state index contributed by atoms with van der Waals surface area (Å²) in [5, 5.41) is 32.6. The van der Waals surface area contributed by atoms with Crippen molar-refractivity contribution >= 4 is 32.4 Å². The molecule has 42 heavy (non-hydrogen) atoms. The Morgan fingerprint density at radius 2 is 1.50 bits per heavy atom. The molecule has 0 atom stereocenters. The van der Waals surface area contributed by atoms with Crippen molar-refractivity contribution in [3.8, 4) is 17.2 Å². The van der Waals surface area contributed by atoms with Crippen LogP contribution in [0.15, 0.2) is 77.7 Å². The number of sulfonamides is 1. The van der Waals surface area contributed by atoms with Gasteiger partial charge in [-0.2, -0.15) is 0 Å². The number of aryl methyl sites for hydroxylation is 1. The fraction of sp³-hybridized carbons (Fsp3) is 0.303. The molecule has 0 aromatic heterocycles. The van der Waals surface area contributed by atoms with Crippen LogP contribution < -0.4 is 4.31 Å². The smallest absolute Gasteiger partial charge is 0.268 e. The van der Waals surface area contributed by atoms with E-state index in [0.29, 0.717) is 24.2 Å². The normalized spacial score (nSPS) is 11.6. The molecule has 0 aliphatic carbocycles. The van der Waals surface area contributed by atoms with Crippen LogP contribution in [0.4, 0.5) is 5.69 Å². The first-order valence-electron chi connectivity index (χ1n) is 14.1.